The molecule has 0 fully saturated rings. The van der Waals surface area contributed by atoms with Crippen LogP contribution < -0.4 is 16.0 Å². The van der Waals surface area contributed by atoms with Crippen molar-refractivity contribution in [1.29, 1.82) is 0 Å². The van der Waals surface area contributed by atoms with E-state index in [0.717, 1.165) is 16.8 Å². The van der Waals surface area contributed by atoms with Crippen molar-refractivity contribution in [2.45, 2.75) is 33.4 Å². The third kappa shape index (κ3) is 5.45. The molecule has 1 heterocycles. The predicted molar refractivity (Wildman–Crippen MR) is 129 cm³/mol. The number of benzene rings is 2. The Kier molecular flexibility index (Phi) is 7.83. The quantitative estimate of drug-likeness (QED) is 0.434. The minimum Gasteiger partial charge on any atom is -0.463 e. The van der Waals surface area contributed by atoms with Crippen LogP contribution >= 0.6 is 12.2 Å². The number of carbonyl (C=O) groups excluding carboxylic acids is 2. The third-order valence-corrected chi connectivity index (χ3v) is 5.52. The molecule has 1 aliphatic rings. The number of allylic oxidation sites excluding steroid dienone is 1. The van der Waals surface area contributed by atoms with Gasteiger partial charge in [-0.15, -0.1) is 0 Å². The third-order valence-electron chi connectivity index (χ3n) is 5.18. The van der Waals surface area contributed by atoms with Gasteiger partial charge in [0.05, 0.1) is 18.2 Å². The van der Waals surface area contributed by atoms with E-state index in [9.17, 15) is 9.59 Å². The van der Waals surface area contributed by atoms with Crippen LogP contribution in [-0.4, -0.2) is 35.2 Å². The summed E-state index contributed by atoms with van der Waals surface area (Å²) in [4.78, 5) is 27.0. The Morgan fingerprint density at radius 2 is 1.88 bits per heavy atom. The number of hydrogen-bond acceptors (Lipinski definition) is 4. The Balaban J connectivity index is 1.80. The van der Waals surface area contributed by atoms with Gasteiger partial charge in [-0.05, 0) is 56.2 Å². The van der Waals surface area contributed by atoms with Gasteiger partial charge in [0.25, 0.3) is 0 Å². The Morgan fingerprint density at radius 1 is 1.12 bits per heavy atom. The topological polar surface area (TPSA) is 82.7 Å². The number of thiocarbonyl (C=S) groups is 1. The highest BCUT2D eigenvalue weighted by Crippen LogP contribution is 2.32. The molecule has 3 rings (SSSR count). The van der Waals surface area contributed by atoms with E-state index in [4.69, 9.17) is 17.0 Å². The van der Waals surface area contributed by atoms with E-state index in [2.05, 4.69) is 16.0 Å². The van der Waals surface area contributed by atoms with Gasteiger partial charge in [-0.25, -0.2) is 9.59 Å². The van der Waals surface area contributed by atoms with E-state index >= 15 is 0 Å². The van der Waals surface area contributed by atoms with Crippen LogP contribution in [0.5, 0.6) is 0 Å². The number of nitrogens with zero attached hydrogens (tertiary/aromatic N) is 1. The van der Waals surface area contributed by atoms with Crippen LogP contribution in [0.4, 0.5) is 10.5 Å². The summed E-state index contributed by atoms with van der Waals surface area (Å²) in [6, 6.07) is 16.2. The zero-order valence-electron chi connectivity index (χ0n) is 18.5. The second-order valence-electron chi connectivity index (χ2n) is 7.27. The second kappa shape index (κ2) is 10.8. The number of rotatable bonds is 7. The van der Waals surface area contributed by atoms with E-state index in [1.807, 2.05) is 67.3 Å². The number of carbonyl (C=O) groups is 2. The van der Waals surface area contributed by atoms with Crippen LogP contribution in [0.15, 0.2) is 65.9 Å². The lowest BCUT2D eigenvalue weighted by molar-refractivity contribution is -0.139. The molecule has 168 valence electrons. The Labute approximate surface area is 193 Å². The average Bonchev–Trinajstić information content (AvgIpc) is 2.78. The highest BCUT2D eigenvalue weighted by Gasteiger charge is 2.34. The van der Waals surface area contributed by atoms with Gasteiger partial charge < -0.3 is 25.6 Å². The molecule has 1 aliphatic heterocycles. The number of urea groups is 1. The lowest BCUT2D eigenvalue weighted by Gasteiger charge is -2.37. The van der Waals surface area contributed by atoms with E-state index in [0.29, 0.717) is 29.5 Å². The first-order valence-corrected chi connectivity index (χ1v) is 11.0. The first kappa shape index (κ1) is 23.3. The Morgan fingerprint density at radius 3 is 2.56 bits per heavy atom. The van der Waals surface area contributed by atoms with Gasteiger partial charge in [0.2, 0.25) is 0 Å². The Bertz CT molecular complexity index is 1020. The van der Waals surface area contributed by atoms with Crippen molar-refractivity contribution in [2.75, 3.05) is 18.5 Å². The standard InChI is InChI=1S/C24H28N4O3S/c1-4-28-16(3)20(22(29)31-5-2)21(27-24(28)32)18-12-9-13-19(14-18)26-23(30)25-15-17-10-7-6-8-11-17/h6-14,21H,4-5,15H2,1-3H3,(H,27,32)(H2,25,26,30)/t21-/m0/s1. The summed E-state index contributed by atoms with van der Waals surface area (Å²) in [6.07, 6.45) is 0. The van der Waals surface area contributed by atoms with Crippen LogP contribution in [0.3, 0.4) is 0 Å². The largest absolute Gasteiger partial charge is 0.463 e. The average molecular weight is 453 g/mol. The van der Waals surface area contributed by atoms with Crippen LogP contribution in [0, 0.1) is 0 Å². The molecule has 0 saturated carbocycles. The van der Waals surface area contributed by atoms with E-state index < -0.39 is 6.04 Å². The van der Waals surface area contributed by atoms with Gasteiger partial charge in [-0.1, -0.05) is 42.5 Å². The van der Waals surface area contributed by atoms with Crippen LogP contribution in [0.1, 0.15) is 37.9 Å². The predicted octanol–water partition coefficient (Wildman–Crippen LogP) is 4.10. The molecule has 0 aromatic heterocycles. The van der Waals surface area contributed by atoms with Crippen LogP contribution in [-0.2, 0) is 16.1 Å². The summed E-state index contributed by atoms with van der Waals surface area (Å²) in [5.74, 6) is -0.387. The van der Waals surface area contributed by atoms with Gasteiger partial charge >= 0.3 is 12.0 Å². The molecule has 2 amide bonds. The number of esters is 1. The molecule has 0 radical (unpaired) electrons. The number of hydrogen-bond donors (Lipinski definition) is 3. The van der Waals surface area contributed by atoms with Crippen LogP contribution in [0.25, 0.3) is 0 Å². The fourth-order valence-electron chi connectivity index (χ4n) is 3.63. The van der Waals surface area contributed by atoms with Gasteiger partial charge in [0.1, 0.15) is 0 Å². The molecule has 7 nitrogen and oxygen atoms in total. The molecular weight excluding hydrogens is 424 g/mol. The molecule has 0 saturated heterocycles. The van der Waals surface area contributed by atoms with Gasteiger partial charge in [0.15, 0.2) is 5.11 Å². The number of ether oxygens (including phenoxy) is 1. The maximum absolute atomic E-state index is 12.8. The minimum atomic E-state index is -0.474. The fourth-order valence-corrected chi connectivity index (χ4v) is 4.02. The maximum atomic E-state index is 12.8. The minimum absolute atomic E-state index is 0.280. The summed E-state index contributed by atoms with van der Waals surface area (Å²) in [5.41, 5.74) is 3.69. The molecule has 8 heteroatoms. The molecule has 2 aromatic carbocycles. The molecule has 0 spiro atoms. The highest BCUT2D eigenvalue weighted by atomic mass is 32.1. The first-order valence-electron chi connectivity index (χ1n) is 10.6. The SMILES string of the molecule is CCOC(=O)C1=C(C)N(CC)C(=S)N[C@H]1c1cccc(NC(=O)NCc2ccccc2)c1. The second-order valence-corrected chi connectivity index (χ2v) is 7.65. The number of amides is 2. The normalized spacial score (nSPS) is 15.8. The monoisotopic (exact) mass is 452 g/mol. The maximum Gasteiger partial charge on any atom is 0.338 e. The molecule has 3 N–H and O–H groups in total. The summed E-state index contributed by atoms with van der Waals surface area (Å²) >= 11 is 5.52. The van der Waals surface area contributed by atoms with Gasteiger partial charge in [-0.3, -0.25) is 0 Å². The first-order chi connectivity index (χ1) is 15.4. The smallest absolute Gasteiger partial charge is 0.338 e. The summed E-state index contributed by atoms with van der Waals surface area (Å²) < 4.78 is 5.31. The number of anilines is 1. The van der Waals surface area contributed by atoms with Crippen molar-refractivity contribution in [3.8, 4) is 0 Å². The summed E-state index contributed by atoms with van der Waals surface area (Å²) in [6.45, 7) is 6.96. The number of nitrogens with one attached hydrogen (secondary N) is 3. The zero-order chi connectivity index (χ0) is 23.1. The Hall–Kier alpha value is -3.39. The summed E-state index contributed by atoms with van der Waals surface area (Å²) in [7, 11) is 0. The molecule has 32 heavy (non-hydrogen) atoms. The van der Waals surface area contributed by atoms with Crippen molar-refractivity contribution in [3.63, 3.8) is 0 Å². The molecular formula is C24H28N4O3S. The van der Waals surface area contributed by atoms with Crippen molar-refractivity contribution in [1.82, 2.24) is 15.5 Å². The molecule has 1 atom stereocenters. The van der Waals surface area contributed by atoms with Crippen LogP contribution in [0.2, 0.25) is 0 Å². The van der Waals surface area contributed by atoms with Crippen molar-refractivity contribution >= 4 is 35.0 Å². The lowest BCUT2D eigenvalue weighted by Crippen LogP contribution is -2.47. The fraction of sp³-hybridized carbons (Fsp3) is 0.292. The molecule has 0 bridgehead atoms. The van der Waals surface area contributed by atoms with Gasteiger partial charge in [0, 0.05) is 24.5 Å². The molecule has 0 unspecified atom stereocenters. The van der Waals surface area contributed by atoms with E-state index in [1.54, 1.807) is 13.0 Å². The molecule has 2 aromatic rings. The highest BCUT2D eigenvalue weighted by molar-refractivity contribution is 7.80. The van der Waals surface area contributed by atoms with E-state index in [1.165, 1.54) is 0 Å². The van der Waals surface area contributed by atoms with Crippen molar-refractivity contribution < 1.29 is 14.3 Å². The lowest BCUT2D eigenvalue weighted by atomic mass is 9.94. The molecule has 0 aliphatic carbocycles. The van der Waals surface area contributed by atoms with E-state index in [-0.39, 0.29) is 18.6 Å². The zero-order valence-corrected chi connectivity index (χ0v) is 19.3. The van der Waals surface area contributed by atoms with Crippen molar-refractivity contribution in [2.24, 2.45) is 0 Å². The van der Waals surface area contributed by atoms with Crippen molar-refractivity contribution in [3.05, 3.63) is 77.0 Å². The van der Waals surface area contributed by atoms with Gasteiger partial charge in [-0.2, -0.15) is 0 Å². The summed E-state index contributed by atoms with van der Waals surface area (Å²) in [5, 5.41) is 9.49.